The first kappa shape index (κ1) is 12.7. The molecular formula is C12H14N4O. The van der Waals surface area contributed by atoms with Gasteiger partial charge in [0.05, 0.1) is 7.05 Å². The highest BCUT2D eigenvalue weighted by molar-refractivity contribution is 5.24. The Morgan fingerprint density at radius 1 is 1.41 bits per heavy atom. The summed E-state index contributed by atoms with van der Waals surface area (Å²) in [7, 11) is 1.62. The summed E-state index contributed by atoms with van der Waals surface area (Å²) in [6, 6.07) is 9.30. The zero-order valence-corrected chi connectivity index (χ0v) is 9.82. The van der Waals surface area contributed by atoms with Gasteiger partial charge in [0.15, 0.2) is 0 Å². The van der Waals surface area contributed by atoms with Gasteiger partial charge in [0, 0.05) is 6.08 Å². The van der Waals surface area contributed by atoms with Crippen molar-refractivity contribution in [3.63, 3.8) is 0 Å². The fourth-order valence-corrected chi connectivity index (χ4v) is 1.10. The summed E-state index contributed by atoms with van der Waals surface area (Å²) >= 11 is 0. The van der Waals surface area contributed by atoms with Crippen LogP contribution in [-0.4, -0.2) is 12.1 Å². The van der Waals surface area contributed by atoms with E-state index in [-0.39, 0.29) is 0 Å². The highest BCUT2D eigenvalue weighted by Gasteiger charge is 2.08. The number of para-hydroxylation sites is 1. The molecule has 0 radical (unpaired) electrons. The molecule has 5 heteroatoms. The molecule has 0 N–H and O–H groups in total. The van der Waals surface area contributed by atoms with E-state index in [1.807, 2.05) is 49.4 Å². The number of hydrogen-bond donors (Lipinski definition) is 0. The minimum absolute atomic E-state index is 0.451. The summed E-state index contributed by atoms with van der Waals surface area (Å²) in [5, 5.41) is 4.79. The standard InChI is InChI=1S/C12H14N4O/c1-3-4-10-12(16(2)15-14-13)17-11-8-6-5-7-9-11/h3-10H,1-2H3/b4-3+,12-10+. The monoisotopic (exact) mass is 230 g/mol. The second-order valence-corrected chi connectivity index (χ2v) is 3.15. The number of hydrogen-bond acceptors (Lipinski definition) is 2. The van der Waals surface area contributed by atoms with Gasteiger partial charge in [-0.25, -0.2) is 0 Å². The fourth-order valence-electron chi connectivity index (χ4n) is 1.10. The molecule has 0 aliphatic heterocycles. The number of allylic oxidation sites excluding steroid dienone is 3. The molecule has 0 atom stereocenters. The van der Waals surface area contributed by atoms with Crippen molar-refractivity contribution in [3.05, 3.63) is 64.9 Å². The number of rotatable bonds is 5. The van der Waals surface area contributed by atoms with Crippen LogP contribution >= 0.6 is 0 Å². The lowest BCUT2D eigenvalue weighted by Crippen LogP contribution is -2.14. The van der Waals surface area contributed by atoms with Gasteiger partial charge >= 0.3 is 0 Å². The Labute approximate surface area is 100 Å². The van der Waals surface area contributed by atoms with E-state index in [9.17, 15) is 0 Å². The van der Waals surface area contributed by atoms with Gasteiger partial charge in [-0.1, -0.05) is 30.4 Å². The number of ether oxygens (including phenoxy) is 1. The molecule has 0 aliphatic carbocycles. The smallest absolute Gasteiger partial charge is 0.292 e. The van der Waals surface area contributed by atoms with Crippen LogP contribution in [0.5, 0.6) is 5.75 Å². The minimum atomic E-state index is 0.451. The van der Waals surface area contributed by atoms with Crippen LogP contribution in [0.1, 0.15) is 6.92 Å². The first-order valence-corrected chi connectivity index (χ1v) is 5.12. The Hall–Kier alpha value is -2.39. The lowest BCUT2D eigenvalue weighted by molar-refractivity contribution is 0.253. The lowest BCUT2D eigenvalue weighted by atomic mass is 10.3. The maximum Gasteiger partial charge on any atom is 0.292 e. The van der Waals surface area contributed by atoms with Gasteiger partial charge in [0.25, 0.3) is 5.88 Å². The SMILES string of the molecule is C/C=C/C=C(/Oc1ccccc1)N(C)N=[N+]=[N-]. The first-order valence-electron chi connectivity index (χ1n) is 5.12. The molecule has 0 aliphatic rings. The molecule has 0 saturated heterocycles. The summed E-state index contributed by atoms with van der Waals surface area (Å²) in [6.45, 7) is 1.89. The third-order valence-corrected chi connectivity index (χ3v) is 1.89. The van der Waals surface area contributed by atoms with Crippen molar-refractivity contribution in [2.75, 3.05) is 7.05 Å². The number of nitrogens with zero attached hydrogens (tertiary/aromatic N) is 4. The third-order valence-electron chi connectivity index (χ3n) is 1.89. The van der Waals surface area contributed by atoms with Crippen LogP contribution in [-0.2, 0) is 0 Å². The normalized spacial score (nSPS) is 11.1. The molecule has 0 spiro atoms. The largest absolute Gasteiger partial charge is 0.423 e. The van der Waals surface area contributed by atoms with Gasteiger partial charge < -0.3 is 4.74 Å². The molecule has 17 heavy (non-hydrogen) atoms. The van der Waals surface area contributed by atoms with E-state index >= 15 is 0 Å². The molecule has 1 aromatic carbocycles. The van der Waals surface area contributed by atoms with Gasteiger partial charge in [0.2, 0.25) is 0 Å². The summed E-state index contributed by atoms with van der Waals surface area (Å²) in [5.74, 6) is 1.13. The van der Waals surface area contributed by atoms with Crippen molar-refractivity contribution >= 4 is 0 Å². The molecule has 0 heterocycles. The van der Waals surface area contributed by atoms with Crippen LogP contribution in [0.25, 0.3) is 10.4 Å². The Morgan fingerprint density at radius 3 is 2.71 bits per heavy atom. The van der Waals surface area contributed by atoms with Gasteiger partial charge in [-0.2, -0.15) is 9.92 Å². The summed E-state index contributed by atoms with van der Waals surface area (Å²) in [6.07, 6.45) is 5.39. The van der Waals surface area contributed by atoms with E-state index < -0.39 is 0 Å². The molecule has 88 valence electrons. The van der Waals surface area contributed by atoms with E-state index in [2.05, 4.69) is 10.1 Å². The molecule has 0 amide bonds. The molecule has 0 fully saturated rings. The fraction of sp³-hybridized carbons (Fsp3) is 0.167. The topological polar surface area (TPSA) is 61.2 Å². The van der Waals surface area contributed by atoms with Crippen molar-refractivity contribution in [3.8, 4) is 5.75 Å². The van der Waals surface area contributed by atoms with E-state index in [0.717, 1.165) is 0 Å². The Balaban J connectivity index is 2.88. The van der Waals surface area contributed by atoms with Crippen LogP contribution in [0.4, 0.5) is 0 Å². The van der Waals surface area contributed by atoms with E-state index in [4.69, 9.17) is 10.3 Å². The van der Waals surface area contributed by atoms with Crippen LogP contribution in [0.15, 0.2) is 59.7 Å². The molecule has 5 nitrogen and oxygen atoms in total. The van der Waals surface area contributed by atoms with Crippen LogP contribution in [0.2, 0.25) is 0 Å². The second kappa shape index (κ2) is 6.98. The van der Waals surface area contributed by atoms with Crippen LogP contribution in [0.3, 0.4) is 0 Å². The second-order valence-electron chi connectivity index (χ2n) is 3.15. The highest BCUT2D eigenvalue weighted by Crippen LogP contribution is 2.15. The van der Waals surface area contributed by atoms with E-state index in [1.165, 1.54) is 5.01 Å². The molecule has 1 rings (SSSR count). The Kier molecular flexibility index (Phi) is 5.20. The van der Waals surface area contributed by atoms with Crippen molar-refractivity contribution in [2.45, 2.75) is 6.92 Å². The van der Waals surface area contributed by atoms with Crippen molar-refractivity contribution in [1.29, 1.82) is 0 Å². The number of azide groups is 1. The van der Waals surface area contributed by atoms with Crippen molar-refractivity contribution < 1.29 is 4.74 Å². The average molecular weight is 230 g/mol. The molecule has 1 aromatic rings. The summed E-state index contributed by atoms with van der Waals surface area (Å²) in [5.41, 5.74) is 8.39. The van der Waals surface area contributed by atoms with Gasteiger partial charge in [0.1, 0.15) is 5.75 Å². The zero-order chi connectivity index (χ0) is 12.5. The predicted octanol–water partition coefficient (Wildman–Crippen LogP) is 3.64. The first-order chi connectivity index (χ1) is 8.27. The van der Waals surface area contributed by atoms with E-state index in [1.54, 1.807) is 13.1 Å². The molecule has 0 unspecified atom stereocenters. The Morgan fingerprint density at radius 2 is 2.12 bits per heavy atom. The summed E-state index contributed by atoms with van der Waals surface area (Å²) in [4.78, 5) is 2.71. The quantitative estimate of drug-likeness (QED) is 0.193. The van der Waals surface area contributed by atoms with Gasteiger partial charge in [-0.15, -0.1) is 5.53 Å². The Bertz CT molecular complexity index is 447. The molecular weight excluding hydrogens is 216 g/mol. The molecule has 0 aromatic heterocycles. The van der Waals surface area contributed by atoms with Gasteiger partial charge in [-0.05, 0) is 24.3 Å². The minimum Gasteiger partial charge on any atom is -0.423 e. The van der Waals surface area contributed by atoms with Crippen molar-refractivity contribution in [1.82, 2.24) is 5.01 Å². The van der Waals surface area contributed by atoms with Crippen LogP contribution in [0, 0.1) is 0 Å². The number of benzene rings is 1. The van der Waals surface area contributed by atoms with Crippen molar-refractivity contribution in [2.24, 2.45) is 5.22 Å². The maximum absolute atomic E-state index is 8.39. The zero-order valence-electron chi connectivity index (χ0n) is 9.82. The van der Waals surface area contributed by atoms with Gasteiger partial charge in [-0.3, -0.25) is 0 Å². The predicted molar refractivity (Wildman–Crippen MR) is 66.9 cm³/mol. The molecule has 0 bridgehead atoms. The van der Waals surface area contributed by atoms with E-state index in [0.29, 0.717) is 11.6 Å². The third kappa shape index (κ3) is 4.32. The summed E-state index contributed by atoms with van der Waals surface area (Å²) < 4.78 is 5.60. The average Bonchev–Trinajstić information content (AvgIpc) is 2.36. The highest BCUT2D eigenvalue weighted by atomic mass is 16.5. The maximum atomic E-state index is 8.39. The van der Waals surface area contributed by atoms with Crippen LogP contribution < -0.4 is 4.74 Å². The molecule has 0 saturated carbocycles. The lowest BCUT2D eigenvalue weighted by Gasteiger charge is -2.12.